The van der Waals surface area contributed by atoms with E-state index >= 15 is 0 Å². The largest absolute Gasteiger partial charge is 0.504 e. The van der Waals surface area contributed by atoms with Crippen LogP contribution in [0.5, 0.6) is 11.5 Å². The normalized spacial score (nSPS) is 33.0. The van der Waals surface area contributed by atoms with Gasteiger partial charge in [0.1, 0.15) is 0 Å². The van der Waals surface area contributed by atoms with Crippen molar-refractivity contribution in [2.45, 2.75) is 51.0 Å². The molecule has 1 aromatic carbocycles. The number of aliphatic hydroxyl groups is 1. The Morgan fingerprint density at radius 2 is 2.00 bits per heavy atom. The van der Waals surface area contributed by atoms with Crippen molar-refractivity contribution in [1.29, 1.82) is 0 Å². The molecule has 0 amide bonds. The smallest absolute Gasteiger partial charge is 0.160 e. The van der Waals surface area contributed by atoms with E-state index in [4.69, 9.17) is 4.74 Å². The lowest BCUT2D eigenvalue weighted by Gasteiger charge is -2.33. The van der Waals surface area contributed by atoms with Gasteiger partial charge in [0, 0.05) is 0 Å². The molecule has 2 aliphatic carbocycles. The van der Waals surface area contributed by atoms with Gasteiger partial charge in [0.15, 0.2) is 11.5 Å². The van der Waals surface area contributed by atoms with Crippen LogP contribution >= 0.6 is 0 Å². The number of rotatable bonds is 2. The molecular formula is C17H24O3. The molecule has 3 heteroatoms. The van der Waals surface area contributed by atoms with Gasteiger partial charge >= 0.3 is 0 Å². The van der Waals surface area contributed by atoms with Crippen molar-refractivity contribution in [3.05, 3.63) is 23.3 Å². The second kappa shape index (κ2) is 5.28. The predicted molar refractivity (Wildman–Crippen MR) is 78.2 cm³/mol. The lowest BCUT2D eigenvalue weighted by Crippen LogP contribution is -2.24. The van der Waals surface area contributed by atoms with E-state index in [9.17, 15) is 10.2 Å². The molecule has 0 spiro atoms. The van der Waals surface area contributed by atoms with E-state index in [2.05, 4.69) is 6.92 Å². The average molecular weight is 276 g/mol. The Morgan fingerprint density at radius 3 is 2.65 bits per heavy atom. The summed E-state index contributed by atoms with van der Waals surface area (Å²) >= 11 is 0. The summed E-state index contributed by atoms with van der Waals surface area (Å²) in [5, 5.41) is 20.0. The third-order valence-electron chi connectivity index (χ3n) is 5.40. The number of aliphatic hydroxyl groups excluding tert-OH is 1. The van der Waals surface area contributed by atoms with E-state index in [1.807, 2.05) is 12.1 Å². The van der Waals surface area contributed by atoms with Gasteiger partial charge in [0.25, 0.3) is 0 Å². The summed E-state index contributed by atoms with van der Waals surface area (Å²) in [4.78, 5) is 0. The Balaban J connectivity index is 1.97. The summed E-state index contributed by atoms with van der Waals surface area (Å²) in [6.07, 6.45) is 5.27. The standard InChI is InChI=1S/C17H24O3/c1-10-12(6-7-15(10)18)13-5-3-4-11-8-16(19)17(20-2)9-14(11)13/h8-10,12-13,15,18-19H,3-7H2,1-2H3. The maximum absolute atomic E-state index is 10.0. The van der Waals surface area contributed by atoms with Gasteiger partial charge in [-0.2, -0.15) is 0 Å². The van der Waals surface area contributed by atoms with E-state index in [1.165, 1.54) is 24.0 Å². The molecule has 2 aliphatic rings. The number of hydrogen-bond donors (Lipinski definition) is 2. The van der Waals surface area contributed by atoms with Gasteiger partial charge in [-0.15, -0.1) is 0 Å². The second-order valence-electron chi connectivity index (χ2n) is 6.39. The zero-order valence-corrected chi connectivity index (χ0v) is 12.3. The first-order chi connectivity index (χ1) is 9.61. The Hall–Kier alpha value is -1.22. The second-order valence-corrected chi connectivity index (χ2v) is 6.39. The number of aromatic hydroxyl groups is 1. The first-order valence-electron chi connectivity index (χ1n) is 7.69. The molecule has 20 heavy (non-hydrogen) atoms. The van der Waals surface area contributed by atoms with Crippen LogP contribution in [0.4, 0.5) is 0 Å². The summed E-state index contributed by atoms with van der Waals surface area (Å²) in [6, 6.07) is 3.89. The predicted octanol–water partition coefficient (Wildman–Crippen LogP) is 3.23. The van der Waals surface area contributed by atoms with Crippen molar-refractivity contribution in [2.75, 3.05) is 7.11 Å². The van der Waals surface area contributed by atoms with E-state index in [0.717, 1.165) is 19.3 Å². The maximum Gasteiger partial charge on any atom is 0.160 e. The Morgan fingerprint density at radius 1 is 1.20 bits per heavy atom. The fourth-order valence-corrected chi connectivity index (χ4v) is 4.21. The minimum Gasteiger partial charge on any atom is -0.504 e. The Labute approximate surface area is 120 Å². The molecule has 0 saturated heterocycles. The average Bonchev–Trinajstić information content (AvgIpc) is 2.77. The summed E-state index contributed by atoms with van der Waals surface area (Å²) in [5.41, 5.74) is 2.59. The molecule has 0 aliphatic heterocycles. The highest BCUT2D eigenvalue weighted by atomic mass is 16.5. The zero-order valence-electron chi connectivity index (χ0n) is 12.3. The van der Waals surface area contributed by atoms with Gasteiger partial charge in [-0.05, 0) is 73.1 Å². The molecular weight excluding hydrogens is 252 g/mol. The highest BCUT2D eigenvalue weighted by molar-refractivity contribution is 5.49. The summed E-state index contributed by atoms with van der Waals surface area (Å²) in [7, 11) is 1.60. The minimum absolute atomic E-state index is 0.149. The van der Waals surface area contributed by atoms with Gasteiger partial charge in [0.2, 0.25) is 0 Å². The molecule has 1 aromatic rings. The first kappa shape index (κ1) is 13.7. The highest BCUT2D eigenvalue weighted by Crippen LogP contribution is 2.48. The zero-order chi connectivity index (χ0) is 14.3. The number of phenolic OH excluding ortho intramolecular Hbond substituents is 1. The maximum atomic E-state index is 10.0. The van der Waals surface area contributed by atoms with Crippen LogP contribution in [0.2, 0.25) is 0 Å². The molecule has 1 fully saturated rings. The van der Waals surface area contributed by atoms with Gasteiger partial charge < -0.3 is 14.9 Å². The Kier molecular flexibility index (Phi) is 3.63. The molecule has 0 heterocycles. The number of fused-ring (bicyclic) bond motifs is 1. The molecule has 3 rings (SSSR count). The third-order valence-corrected chi connectivity index (χ3v) is 5.40. The van der Waals surface area contributed by atoms with Crippen LogP contribution in [0.1, 0.15) is 49.7 Å². The van der Waals surface area contributed by atoms with Crippen LogP contribution in [0.15, 0.2) is 12.1 Å². The number of methoxy groups -OCH3 is 1. The molecule has 0 aromatic heterocycles. The third kappa shape index (κ3) is 2.18. The molecule has 2 N–H and O–H groups in total. The highest BCUT2D eigenvalue weighted by Gasteiger charge is 2.39. The van der Waals surface area contributed by atoms with Crippen molar-refractivity contribution in [3.8, 4) is 11.5 Å². The van der Waals surface area contributed by atoms with Crippen LogP contribution in [0.25, 0.3) is 0 Å². The number of phenols is 1. The number of ether oxygens (including phenoxy) is 1. The molecule has 1 saturated carbocycles. The Bertz CT molecular complexity index is 497. The van der Waals surface area contributed by atoms with Crippen LogP contribution in [0, 0.1) is 11.8 Å². The van der Waals surface area contributed by atoms with E-state index in [1.54, 1.807) is 7.11 Å². The van der Waals surface area contributed by atoms with Crippen molar-refractivity contribution >= 4 is 0 Å². The molecule has 4 unspecified atom stereocenters. The molecule has 0 radical (unpaired) electrons. The SMILES string of the molecule is COc1cc2c(cc1O)CCCC2C1CCC(O)C1C. The van der Waals surface area contributed by atoms with Gasteiger partial charge in [-0.25, -0.2) is 0 Å². The number of benzene rings is 1. The van der Waals surface area contributed by atoms with E-state index in [-0.39, 0.29) is 11.9 Å². The van der Waals surface area contributed by atoms with Gasteiger partial charge in [-0.3, -0.25) is 0 Å². The quantitative estimate of drug-likeness (QED) is 0.872. The lowest BCUT2D eigenvalue weighted by atomic mass is 9.72. The van der Waals surface area contributed by atoms with Crippen LogP contribution in [-0.2, 0) is 6.42 Å². The summed E-state index contributed by atoms with van der Waals surface area (Å²) < 4.78 is 5.27. The molecule has 0 bridgehead atoms. The van der Waals surface area contributed by atoms with Gasteiger partial charge in [0.05, 0.1) is 13.2 Å². The van der Waals surface area contributed by atoms with Crippen molar-refractivity contribution < 1.29 is 14.9 Å². The van der Waals surface area contributed by atoms with Crippen molar-refractivity contribution in [1.82, 2.24) is 0 Å². The van der Waals surface area contributed by atoms with E-state index in [0.29, 0.717) is 23.5 Å². The van der Waals surface area contributed by atoms with Crippen molar-refractivity contribution in [2.24, 2.45) is 11.8 Å². The first-order valence-corrected chi connectivity index (χ1v) is 7.69. The topological polar surface area (TPSA) is 49.7 Å². The fourth-order valence-electron chi connectivity index (χ4n) is 4.21. The fraction of sp³-hybridized carbons (Fsp3) is 0.647. The van der Waals surface area contributed by atoms with Gasteiger partial charge in [-0.1, -0.05) is 6.92 Å². The number of hydrogen-bond acceptors (Lipinski definition) is 3. The van der Waals surface area contributed by atoms with Crippen LogP contribution in [-0.4, -0.2) is 23.4 Å². The summed E-state index contributed by atoms with van der Waals surface area (Å²) in [5.74, 6) is 2.23. The minimum atomic E-state index is -0.149. The monoisotopic (exact) mass is 276 g/mol. The molecule has 3 nitrogen and oxygen atoms in total. The lowest BCUT2D eigenvalue weighted by molar-refractivity contribution is 0.120. The number of aryl methyl sites for hydroxylation is 1. The van der Waals surface area contributed by atoms with E-state index < -0.39 is 0 Å². The van der Waals surface area contributed by atoms with Crippen molar-refractivity contribution in [3.63, 3.8) is 0 Å². The summed E-state index contributed by atoms with van der Waals surface area (Å²) in [6.45, 7) is 2.17. The molecule has 4 atom stereocenters. The van der Waals surface area contributed by atoms with Crippen LogP contribution in [0.3, 0.4) is 0 Å². The molecule has 110 valence electrons. The van der Waals surface area contributed by atoms with Crippen LogP contribution < -0.4 is 4.74 Å².